The van der Waals surface area contributed by atoms with Gasteiger partial charge in [0.2, 0.25) is 11.8 Å². The maximum atomic E-state index is 12.3. The van der Waals surface area contributed by atoms with Gasteiger partial charge >= 0.3 is 0 Å². The van der Waals surface area contributed by atoms with Crippen LogP contribution in [0, 0.1) is 33.3 Å². The normalized spacial score (nSPS) is 31.2. The molecule has 2 aliphatic rings. The van der Waals surface area contributed by atoms with E-state index in [-0.39, 0.29) is 23.9 Å². The lowest BCUT2D eigenvalue weighted by molar-refractivity contribution is -0.384. The van der Waals surface area contributed by atoms with Crippen molar-refractivity contribution >= 4 is 17.5 Å². The van der Waals surface area contributed by atoms with E-state index in [1.165, 1.54) is 12.1 Å². The number of rotatable bonds is 5. The number of non-ortho nitro benzene ring substituents is 1. The summed E-state index contributed by atoms with van der Waals surface area (Å²) in [4.78, 5) is 34.5. The molecule has 1 saturated carbocycles. The molecule has 23 heavy (non-hydrogen) atoms. The number of carbonyl (C=O) groups is 2. The van der Waals surface area contributed by atoms with Crippen LogP contribution < -0.4 is 11.5 Å². The molecule has 4 unspecified atom stereocenters. The number of allylic oxidation sites excluding steroid dienone is 2. The van der Waals surface area contributed by atoms with Gasteiger partial charge in [-0.3, -0.25) is 19.7 Å². The first-order valence-electron chi connectivity index (χ1n) is 7.37. The molecule has 7 heteroatoms. The summed E-state index contributed by atoms with van der Waals surface area (Å²) in [6, 6.07) is 5.95. The van der Waals surface area contributed by atoms with Crippen LogP contribution in [0.5, 0.6) is 0 Å². The summed E-state index contributed by atoms with van der Waals surface area (Å²) >= 11 is 0. The fraction of sp³-hybridized carbons (Fsp3) is 0.375. The number of carbonyl (C=O) groups excluding carboxylic acids is 2. The lowest BCUT2D eigenvalue weighted by atomic mass is 9.64. The highest BCUT2D eigenvalue weighted by molar-refractivity contribution is 5.91. The lowest BCUT2D eigenvalue weighted by Crippen LogP contribution is -2.52. The van der Waals surface area contributed by atoms with Gasteiger partial charge in [0.05, 0.1) is 16.3 Å². The van der Waals surface area contributed by atoms with Crippen LogP contribution >= 0.6 is 0 Å². The maximum absolute atomic E-state index is 12.3. The largest absolute Gasteiger partial charge is 0.369 e. The second-order valence-corrected chi connectivity index (χ2v) is 6.28. The van der Waals surface area contributed by atoms with Crippen molar-refractivity contribution in [1.82, 2.24) is 0 Å². The lowest BCUT2D eigenvalue weighted by Gasteiger charge is -2.37. The number of hydrogen-bond donors (Lipinski definition) is 2. The molecule has 1 aromatic carbocycles. The Bertz CT molecular complexity index is 713. The number of hydrogen-bond acceptors (Lipinski definition) is 4. The Labute approximate surface area is 132 Å². The summed E-state index contributed by atoms with van der Waals surface area (Å²) < 4.78 is 0. The van der Waals surface area contributed by atoms with Gasteiger partial charge in [0, 0.05) is 12.1 Å². The Kier molecular flexibility index (Phi) is 3.43. The van der Waals surface area contributed by atoms with Crippen LogP contribution in [0.1, 0.15) is 12.0 Å². The fourth-order valence-corrected chi connectivity index (χ4v) is 4.17. The number of primary amides is 2. The summed E-state index contributed by atoms with van der Waals surface area (Å²) in [5, 5.41) is 10.7. The standard InChI is InChI=1S/C16H17N3O4/c17-14(20)13-10-3-4-11(7-10)16(13,15(18)21)8-9-1-5-12(6-2-9)19(22)23/h1-6,10-11,13H,7-8H2,(H2,17,20)(H2,18,21). The zero-order chi connectivity index (χ0) is 16.8. The van der Waals surface area contributed by atoms with Gasteiger partial charge < -0.3 is 11.5 Å². The smallest absolute Gasteiger partial charge is 0.269 e. The summed E-state index contributed by atoms with van der Waals surface area (Å²) in [7, 11) is 0. The molecule has 0 spiro atoms. The minimum absolute atomic E-state index is 0.0267. The van der Waals surface area contributed by atoms with Crippen molar-refractivity contribution in [2.45, 2.75) is 12.8 Å². The zero-order valence-corrected chi connectivity index (χ0v) is 12.3. The predicted octanol–water partition coefficient (Wildman–Crippen LogP) is 0.916. The van der Waals surface area contributed by atoms with E-state index < -0.39 is 28.1 Å². The average molecular weight is 315 g/mol. The van der Waals surface area contributed by atoms with Crippen molar-refractivity contribution < 1.29 is 14.5 Å². The Hall–Kier alpha value is -2.70. The summed E-state index contributed by atoms with van der Waals surface area (Å²) in [5.74, 6) is -1.90. The van der Waals surface area contributed by atoms with Crippen molar-refractivity contribution in [2.75, 3.05) is 0 Å². The molecule has 120 valence electrons. The number of nitro groups is 1. The summed E-state index contributed by atoms with van der Waals surface area (Å²) in [5.41, 5.74) is 10.9. The topological polar surface area (TPSA) is 129 Å². The number of benzene rings is 1. The predicted molar refractivity (Wildman–Crippen MR) is 81.8 cm³/mol. The first-order valence-corrected chi connectivity index (χ1v) is 7.37. The van der Waals surface area contributed by atoms with Gasteiger partial charge in [0.1, 0.15) is 0 Å². The first kappa shape index (κ1) is 15.2. The van der Waals surface area contributed by atoms with E-state index in [1.807, 2.05) is 12.2 Å². The number of nitrogens with zero attached hydrogens (tertiary/aromatic N) is 1. The van der Waals surface area contributed by atoms with E-state index in [0.717, 1.165) is 5.56 Å². The Morgan fingerprint density at radius 3 is 2.39 bits per heavy atom. The Morgan fingerprint density at radius 2 is 1.87 bits per heavy atom. The molecule has 0 saturated heterocycles. The first-order chi connectivity index (χ1) is 10.9. The SMILES string of the molecule is NC(=O)C1C2C=CC(C2)C1(Cc1ccc([N+](=O)[O-])cc1)C(N)=O. The van der Waals surface area contributed by atoms with Crippen LogP contribution in [-0.2, 0) is 16.0 Å². The molecule has 2 aliphatic carbocycles. The second-order valence-electron chi connectivity index (χ2n) is 6.28. The van der Waals surface area contributed by atoms with Gasteiger partial charge in [-0.25, -0.2) is 0 Å². The van der Waals surface area contributed by atoms with E-state index >= 15 is 0 Å². The molecule has 2 bridgehead atoms. The van der Waals surface area contributed by atoms with E-state index in [0.29, 0.717) is 6.42 Å². The minimum Gasteiger partial charge on any atom is -0.369 e. The van der Waals surface area contributed by atoms with Gasteiger partial charge in [0.15, 0.2) is 0 Å². The Balaban J connectivity index is 1.99. The third-order valence-electron chi connectivity index (χ3n) is 5.17. The molecule has 0 aliphatic heterocycles. The van der Waals surface area contributed by atoms with E-state index in [1.54, 1.807) is 12.1 Å². The maximum Gasteiger partial charge on any atom is 0.269 e. The van der Waals surface area contributed by atoms with Gasteiger partial charge in [-0.2, -0.15) is 0 Å². The molecule has 4 N–H and O–H groups in total. The monoisotopic (exact) mass is 315 g/mol. The van der Waals surface area contributed by atoms with Crippen LogP contribution in [0.4, 0.5) is 5.69 Å². The number of amides is 2. The molecule has 3 rings (SSSR count). The third kappa shape index (κ3) is 2.19. The number of nitrogens with two attached hydrogens (primary N) is 2. The highest BCUT2D eigenvalue weighted by Crippen LogP contribution is 2.57. The summed E-state index contributed by atoms with van der Waals surface area (Å²) in [6.45, 7) is 0. The number of nitro benzene ring substituents is 1. The summed E-state index contributed by atoms with van der Waals surface area (Å²) in [6.07, 6.45) is 4.79. The Morgan fingerprint density at radius 1 is 1.22 bits per heavy atom. The molecule has 1 fully saturated rings. The van der Waals surface area contributed by atoms with Crippen LogP contribution in [0.3, 0.4) is 0 Å². The molecule has 0 heterocycles. The molecular formula is C16H17N3O4. The fourth-order valence-electron chi connectivity index (χ4n) is 4.17. The van der Waals surface area contributed by atoms with Crippen molar-refractivity contribution in [3.8, 4) is 0 Å². The van der Waals surface area contributed by atoms with Crippen LogP contribution in [-0.4, -0.2) is 16.7 Å². The van der Waals surface area contributed by atoms with Crippen molar-refractivity contribution in [3.63, 3.8) is 0 Å². The molecule has 0 aromatic heterocycles. The van der Waals surface area contributed by atoms with Gasteiger partial charge in [-0.1, -0.05) is 24.3 Å². The quantitative estimate of drug-likeness (QED) is 0.475. The highest BCUT2D eigenvalue weighted by atomic mass is 16.6. The van der Waals surface area contributed by atoms with Gasteiger partial charge in [-0.15, -0.1) is 0 Å². The van der Waals surface area contributed by atoms with Crippen molar-refractivity contribution in [1.29, 1.82) is 0 Å². The van der Waals surface area contributed by atoms with Gasteiger partial charge in [-0.05, 0) is 30.2 Å². The number of fused-ring (bicyclic) bond motifs is 2. The third-order valence-corrected chi connectivity index (χ3v) is 5.17. The van der Waals surface area contributed by atoms with Gasteiger partial charge in [0.25, 0.3) is 5.69 Å². The molecular weight excluding hydrogens is 298 g/mol. The van der Waals surface area contributed by atoms with Crippen molar-refractivity contribution in [3.05, 3.63) is 52.1 Å². The second kappa shape index (κ2) is 5.19. The zero-order valence-electron chi connectivity index (χ0n) is 12.3. The van der Waals surface area contributed by atoms with Crippen LogP contribution in [0.15, 0.2) is 36.4 Å². The average Bonchev–Trinajstić information content (AvgIpc) is 3.07. The highest BCUT2D eigenvalue weighted by Gasteiger charge is 2.61. The molecule has 0 radical (unpaired) electrons. The van der Waals surface area contributed by atoms with Crippen molar-refractivity contribution in [2.24, 2.45) is 34.6 Å². The molecule has 1 aromatic rings. The van der Waals surface area contributed by atoms with Crippen LogP contribution in [0.25, 0.3) is 0 Å². The van der Waals surface area contributed by atoms with E-state index in [9.17, 15) is 19.7 Å². The van der Waals surface area contributed by atoms with Crippen LogP contribution in [0.2, 0.25) is 0 Å². The van der Waals surface area contributed by atoms with E-state index in [4.69, 9.17) is 11.5 Å². The van der Waals surface area contributed by atoms with E-state index in [2.05, 4.69) is 0 Å². The minimum atomic E-state index is -1.05. The molecule has 4 atom stereocenters. The molecule has 7 nitrogen and oxygen atoms in total. The molecule has 2 amide bonds.